The van der Waals surface area contributed by atoms with E-state index in [-0.39, 0.29) is 11.3 Å². The summed E-state index contributed by atoms with van der Waals surface area (Å²) in [7, 11) is 1.59. The Bertz CT molecular complexity index is 929. The molecule has 1 aliphatic rings. The van der Waals surface area contributed by atoms with E-state index >= 15 is 0 Å². The normalized spacial score (nSPS) is 18.1. The maximum Gasteiger partial charge on any atom is 0.295 e. The number of aryl methyl sites for hydroxylation is 1. The number of aliphatic hydroxyl groups is 1. The average Bonchev–Trinajstić information content (AvgIpc) is 3.01. The summed E-state index contributed by atoms with van der Waals surface area (Å²) in [6.07, 6.45) is 3.99. The van der Waals surface area contributed by atoms with Gasteiger partial charge in [-0.1, -0.05) is 68.1 Å². The van der Waals surface area contributed by atoms with Crippen molar-refractivity contribution in [3.05, 3.63) is 70.8 Å². The van der Waals surface area contributed by atoms with Crippen LogP contribution in [0, 0.1) is 6.92 Å². The summed E-state index contributed by atoms with van der Waals surface area (Å²) in [4.78, 5) is 27.4. The maximum atomic E-state index is 13.0. The van der Waals surface area contributed by atoms with E-state index in [1.54, 1.807) is 36.3 Å². The Labute approximate surface area is 178 Å². The van der Waals surface area contributed by atoms with Crippen LogP contribution in [-0.4, -0.2) is 35.4 Å². The smallest absolute Gasteiger partial charge is 0.295 e. The number of likely N-dealkylation sites (tertiary alicyclic amines) is 1. The molecular formula is C25H29NO4. The number of rotatable bonds is 8. The van der Waals surface area contributed by atoms with Crippen LogP contribution in [0.1, 0.15) is 55.3 Å². The van der Waals surface area contributed by atoms with Crippen molar-refractivity contribution in [1.29, 1.82) is 0 Å². The minimum atomic E-state index is -0.635. The van der Waals surface area contributed by atoms with Gasteiger partial charge in [0.25, 0.3) is 11.7 Å². The number of unbranched alkanes of at least 4 members (excludes halogenated alkanes) is 3. The molecule has 5 heteroatoms. The summed E-state index contributed by atoms with van der Waals surface area (Å²) in [5, 5.41) is 11.0. The number of aliphatic hydroxyl groups excluding tert-OH is 1. The van der Waals surface area contributed by atoms with Gasteiger partial charge in [0.15, 0.2) is 0 Å². The summed E-state index contributed by atoms with van der Waals surface area (Å²) in [6, 6.07) is 14.0. The fourth-order valence-corrected chi connectivity index (χ4v) is 3.82. The first kappa shape index (κ1) is 21.6. The molecule has 1 atom stereocenters. The second-order valence-electron chi connectivity index (χ2n) is 7.69. The van der Waals surface area contributed by atoms with E-state index in [1.807, 2.05) is 31.2 Å². The number of hydrogen-bond acceptors (Lipinski definition) is 4. The Morgan fingerprint density at radius 2 is 1.67 bits per heavy atom. The van der Waals surface area contributed by atoms with E-state index in [2.05, 4.69) is 6.92 Å². The van der Waals surface area contributed by atoms with E-state index in [1.165, 1.54) is 0 Å². The van der Waals surface area contributed by atoms with E-state index in [0.29, 0.717) is 17.9 Å². The molecule has 0 aromatic heterocycles. The molecule has 2 aromatic carbocycles. The van der Waals surface area contributed by atoms with Gasteiger partial charge in [0, 0.05) is 12.1 Å². The number of hydrogen-bond donors (Lipinski definition) is 1. The van der Waals surface area contributed by atoms with E-state index < -0.39 is 17.7 Å². The van der Waals surface area contributed by atoms with Gasteiger partial charge < -0.3 is 14.7 Å². The molecule has 0 bridgehead atoms. The molecule has 0 saturated carbocycles. The van der Waals surface area contributed by atoms with Crippen LogP contribution in [-0.2, 0) is 9.59 Å². The van der Waals surface area contributed by atoms with Gasteiger partial charge in [-0.15, -0.1) is 0 Å². The lowest BCUT2D eigenvalue weighted by Crippen LogP contribution is -2.30. The molecule has 0 spiro atoms. The Hall–Kier alpha value is -3.08. The molecule has 1 amide bonds. The van der Waals surface area contributed by atoms with Crippen LogP contribution < -0.4 is 4.74 Å². The lowest BCUT2D eigenvalue weighted by molar-refractivity contribution is -0.139. The van der Waals surface area contributed by atoms with Crippen LogP contribution in [0.4, 0.5) is 0 Å². The largest absolute Gasteiger partial charge is 0.507 e. The summed E-state index contributed by atoms with van der Waals surface area (Å²) in [5.74, 6) is -0.632. The predicted molar refractivity (Wildman–Crippen MR) is 117 cm³/mol. The third kappa shape index (κ3) is 4.40. The molecular weight excluding hydrogens is 378 g/mol. The van der Waals surface area contributed by atoms with Crippen LogP contribution in [0.15, 0.2) is 54.1 Å². The maximum absolute atomic E-state index is 13.0. The van der Waals surface area contributed by atoms with Crippen molar-refractivity contribution in [1.82, 2.24) is 4.90 Å². The first-order valence-electron chi connectivity index (χ1n) is 10.5. The van der Waals surface area contributed by atoms with Crippen LogP contribution >= 0.6 is 0 Å². The number of amides is 1. The van der Waals surface area contributed by atoms with Crippen molar-refractivity contribution in [3.63, 3.8) is 0 Å². The van der Waals surface area contributed by atoms with Crippen molar-refractivity contribution in [2.24, 2.45) is 0 Å². The quantitative estimate of drug-likeness (QED) is 0.289. The highest BCUT2D eigenvalue weighted by Crippen LogP contribution is 2.40. The van der Waals surface area contributed by atoms with Gasteiger partial charge in [0.1, 0.15) is 11.5 Å². The molecule has 5 nitrogen and oxygen atoms in total. The van der Waals surface area contributed by atoms with Gasteiger partial charge in [0.05, 0.1) is 18.7 Å². The lowest BCUT2D eigenvalue weighted by Gasteiger charge is -2.25. The monoisotopic (exact) mass is 407 g/mol. The van der Waals surface area contributed by atoms with Gasteiger partial charge in [-0.2, -0.15) is 0 Å². The summed E-state index contributed by atoms with van der Waals surface area (Å²) >= 11 is 0. The number of benzene rings is 2. The van der Waals surface area contributed by atoms with Crippen LogP contribution in [0.2, 0.25) is 0 Å². The highest BCUT2D eigenvalue weighted by Gasteiger charge is 2.45. The SMILES string of the molecule is CCCCCCN1C(=O)C(=O)C(=C(O)c2ccc(C)cc2)[C@H]1c1ccc(OC)cc1. The first-order valence-corrected chi connectivity index (χ1v) is 10.5. The highest BCUT2D eigenvalue weighted by molar-refractivity contribution is 6.46. The molecule has 1 aliphatic heterocycles. The molecule has 1 fully saturated rings. The number of methoxy groups -OCH3 is 1. The van der Waals surface area contributed by atoms with Crippen molar-refractivity contribution in [2.75, 3.05) is 13.7 Å². The number of nitrogens with zero attached hydrogens (tertiary/aromatic N) is 1. The molecule has 1 saturated heterocycles. The molecule has 30 heavy (non-hydrogen) atoms. The van der Waals surface area contributed by atoms with Crippen molar-refractivity contribution < 1.29 is 19.4 Å². The zero-order chi connectivity index (χ0) is 21.7. The molecule has 158 valence electrons. The van der Waals surface area contributed by atoms with E-state index in [4.69, 9.17) is 4.74 Å². The fourth-order valence-electron chi connectivity index (χ4n) is 3.82. The summed E-state index contributed by atoms with van der Waals surface area (Å²) in [6.45, 7) is 4.56. The molecule has 0 aliphatic carbocycles. The zero-order valence-corrected chi connectivity index (χ0v) is 17.9. The van der Waals surface area contributed by atoms with Crippen molar-refractivity contribution >= 4 is 17.4 Å². The topological polar surface area (TPSA) is 66.8 Å². The Morgan fingerprint density at radius 1 is 1.00 bits per heavy atom. The number of carbonyl (C=O) groups is 2. The average molecular weight is 408 g/mol. The predicted octanol–water partition coefficient (Wildman–Crippen LogP) is 5.01. The Balaban J connectivity index is 2.05. The molecule has 1 heterocycles. The minimum Gasteiger partial charge on any atom is -0.507 e. The van der Waals surface area contributed by atoms with Gasteiger partial charge in [0.2, 0.25) is 0 Å². The van der Waals surface area contributed by atoms with Crippen LogP contribution in [0.3, 0.4) is 0 Å². The van der Waals surface area contributed by atoms with Crippen molar-refractivity contribution in [2.45, 2.75) is 45.6 Å². The van der Waals surface area contributed by atoms with Crippen LogP contribution in [0.5, 0.6) is 5.75 Å². The molecule has 3 rings (SSSR count). The second-order valence-corrected chi connectivity index (χ2v) is 7.69. The Kier molecular flexibility index (Phi) is 6.93. The standard InChI is InChI=1S/C25H29NO4/c1-4-5-6-7-16-26-22(18-12-14-20(30-3)15-13-18)21(24(28)25(26)29)23(27)19-10-8-17(2)9-11-19/h8-15,22,27H,4-7,16H2,1-3H3/t22-/m1/s1. The third-order valence-corrected chi connectivity index (χ3v) is 5.55. The number of Topliss-reactive ketones (excluding diaryl/α,β-unsaturated/α-hetero) is 1. The summed E-state index contributed by atoms with van der Waals surface area (Å²) in [5.41, 5.74) is 2.50. The third-order valence-electron chi connectivity index (χ3n) is 5.55. The van der Waals surface area contributed by atoms with Crippen molar-refractivity contribution in [3.8, 4) is 5.75 Å². The second kappa shape index (κ2) is 9.61. The van der Waals surface area contributed by atoms with E-state index in [0.717, 1.165) is 36.8 Å². The molecule has 1 N–H and O–H groups in total. The molecule has 0 radical (unpaired) electrons. The van der Waals surface area contributed by atoms with Gasteiger partial charge >= 0.3 is 0 Å². The minimum absolute atomic E-state index is 0.134. The fraction of sp³-hybridized carbons (Fsp3) is 0.360. The van der Waals surface area contributed by atoms with Gasteiger partial charge in [-0.25, -0.2) is 0 Å². The molecule has 0 unspecified atom stereocenters. The van der Waals surface area contributed by atoms with Crippen LogP contribution in [0.25, 0.3) is 5.76 Å². The number of carbonyl (C=O) groups excluding carboxylic acids is 2. The molecule has 2 aromatic rings. The number of ether oxygens (including phenoxy) is 1. The van der Waals surface area contributed by atoms with Gasteiger partial charge in [-0.05, 0) is 31.0 Å². The zero-order valence-electron chi connectivity index (χ0n) is 17.9. The summed E-state index contributed by atoms with van der Waals surface area (Å²) < 4.78 is 5.24. The van der Waals surface area contributed by atoms with E-state index in [9.17, 15) is 14.7 Å². The number of ketones is 1. The lowest BCUT2D eigenvalue weighted by atomic mass is 9.95. The van der Waals surface area contributed by atoms with Gasteiger partial charge in [-0.3, -0.25) is 9.59 Å². The highest BCUT2D eigenvalue weighted by atomic mass is 16.5. The Morgan fingerprint density at radius 3 is 2.27 bits per heavy atom. The first-order chi connectivity index (χ1) is 14.5.